The van der Waals surface area contributed by atoms with E-state index in [1.807, 2.05) is 23.1 Å². The third-order valence-electron chi connectivity index (χ3n) is 4.90. The summed E-state index contributed by atoms with van der Waals surface area (Å²) in [6.07, 6.45) is 1.91. The number of carbonyl (C=O) groups is 1. The summed E-state index contributed by atoms with van der Waals surface area (Å²) in [6.45, 7) is 1.57. The molecule has 2 aromatic carbocycles. The van der Waals surface area contributed by atoms with Crippen LogP contribution in [0.25, 0.3) is 0 Å². The molecule has 2 aromatic rings. The molecular weight excluding hydrogens is 330 g/mol. The van der Waals surface area contributed by atoms with Gasteiger partial charge in [0.1, 0.15) is 0 Å². The summed E-state index contributed by atoms with van der Waals surface area (Å²) in [6, 6.07) is 13.3. The predicted molar refractivity (Wildman–Crippen MR) is 99.6 cm³/mol. The van der Waals surface area contributed by atoms with Gasteiger partial charge >= 0.3 is 0 Å². The number of carbonyl (C=O) groups excluding carboxylic acids is 1. The highest BCUT2D eigenvalue weighted by molar-refractivity contribution is 5.95. The Balaban J connectivity index is 1.65. The van der Waals surface area contributed by atoms with Gasteiger partial charge in [0.05, 0.1) is 20.8 Å². The lowest BCUT2D eigenvalue weighted by Gasteiger charge is -2.18. The molecule has 1 saturated heterocycles. The third-order valence-corrected chi connectivity index (χ3v) is 4.90. The number of rotatable bonds is 6. The van der Waals surface area contributed by atoms with Crippen LogP contribution in [0.4, 0.5) is 0 Å². The molecule has 0 radical (unpaired) electrons. The second-order valence-corrected chi connectivity index (χ2v) is 6.66. The zero-order chi connectivity index (χ0) is 18.5. The number of hydrogen-bond acceptors (Lipinski definition) is 4. The van der Waals surface area contributed by atoms with Gasteiger partial charge in [-0.25, -0.2) is 0 Å². The number of methoxy groups -OCH3 is 2. The van der Waals surface area contributed by atoms with Crippen molar-refractivity contribution >= 4 is 5.91 Å². The van der Waals surface area contributed by atoms with Crippen molar-refractivity contribution < 1.29 is 19.4 Å². The average molecular weight is 355 g/mol. The maximum absolute atomic E-state index is 12.8. The van der Waals surface area contributed by atoms with Crippen molar-refractivity contribution in [2.45, 2.75) is 19.4 Å². The highest BCUT2D eigenvalue weighted by Crippen LogP contribution is 2.29. The van der Waals surface area contributed by atoms with E-state index in [4.69, 9.17) is 9.47 Å². The Bertz CT molecular complexity index is 774. The van der Waals surface area contributed by atoms with Gasteiger partial charge in [-0.1, -0.05) is 24.3 Å². The number of benzene rings is 2. The quantitative estimate of drug-likeness (QED) is 0.866. The molecule has 0 aromatic heterocycles. The van der Waals surface area contributed by atoms with Crippen LogP contribution in [0.3, 0.4) is 0 Å². The number of aliphatic hydroxyl groups is 1. The summed E-state index contributed by atoms with van der Waals surface area (Å²) in [5.74, 6) is 1.65. The van der Waals surface area contributed by atoms with Crippen molar-refractivity contribution in [3.05, 3.63) is 59.2 Å². The van der Waals surface area contributed by atoms with Crippen LogP contribution >= 0.6 is 0 Å². The Labute approximate surface area is 154 Å². The summed E-state index contributed by atoms with van der Waals surface area (Å²) in [4.78, 5) is 14.7. The number of aliphatic hydroxyl groups excluding tert-OH is 1. The third kappa shape index (κ3) is 3.99. The van der Waals surface area contributed by atoms with Gasteiger partial charge in [-0.2, -0.15) is 0 Å². The normalized spacial score (nSPS) is 16.6. The zero-order valence-electron chi connectivity index (χ0n) is 15.3. The molecule has 1 fully saturated rings. The van der Waals surface area contributed by atoms with Crippen molar-refractivity contribution in [3.63, 3.8) is 0 Å². The number of amides is 1. The summed E-state index contributed by atoms with van der Waals surface area (Å²) in [7, 11) is 3.15. The van der Waals surface area contributed by atoms with E-state index in [9.17, 15) is 9.90 Å². The molecule has 1 amide bonds. The summed E-state index contributed by atoms with van der Waals surface area (Å²) in [5.41, 5.74) is 2.76. The minimum atomic E-state index is 0.0255. The maximum Gasteiger partial charge on any atom is 0.254 e. The fourth-order valence-corrected chi connectivity index (χ4v) is 3.52. The van der Waals surface area contributed by atoms with Crippen molar-refractivity contribution in [1.82, 2.24) is 4.90 Å². The van der Waals surface area contributed by atoms with Crippen molar-refractivity contribution in [2.24, 2.45) is 5.92 Å². The van der Waals surface area contributed by atoms with Crippen LogP contribution < -0.4 is 9.47 Å². The molecular formula is C21H25NO4. The highest BCUT2D eigenvalue weighted by atomic mass is 16.5. The Hall–Kier alpha value is -2.53. The molecule has 138 valence electrons. The molecule has 0 bridgehead atoms. The van der Waals surface area contributed by atoms with E-state index in [0.29, 0.717) is 23.0 Å². The molecule has 5 heteroatoms. The van der Waals surface area contributed by atoms with Crippen LogP contribution in [0, 0.1) is 5.92 Å². The molecule has 0 saturated carbocycles. The largest absolute Gasteiger partial charge is 0.493 e. The molecule has 1 aliphatic heterocycles. The monoisotopic (exact) mass is 355 g/mol. The standard InChI is InChI=1S/C21H25NO4/c1-25-19-7-6-18(12-20(19)26-2)21(24)22-9-8-16(13-22)10-15-4-3-5-17(11-15)14-23/h3-7,11-12,16,23H,8-10,13-14H2,1-2H3. The molecule has 1 unspecified atom stereocenters. The van der Waals surface area contributed by atoms with Gasteiger partial charge in [-0.15, -0.1) is 0 Å². The van der Waals surface area contributed by atoms with Gasteiger partial charge in [0, 0.05) is 18.7 Å². The molecule has 0 spiro atoms. The Morgan fingerprint density at radius 1 is 1.12 bits per heavy atom. The maximum atomic E-state index is 12.8. The molecule has 1 heterocycles. The van der Waals surface area contributed by atoms with Crippen molar-refractivity contribution in [1.29, 1.82) is 0 Å². The first kappa shape index (κ1) is 18.3. The van der Waals surface area contributed by atoms with Crippen LogP contribution in [-0.2, 0) is 13.0 Å². The summed E-state index contributed by atoms with van der Waals surface area (Å²) < 4.78 is 10.5. The molecule has 26 heavy (non-hydrogen) atoms. The van der Waals surface area contributed by atoms with E-state index >= 15 is 0 Å². The van der Waals surface area contributed by atoms with Crippen LogP contribution in [0.15, 0.2) is 42.5 Å². The Morgan fingerprint density at radius 2 is 1.88 bits per heavy atom. The molecule has 0 aliphatic carbocycles. The fraction of sp³-hybridized carbons (Fsp3) is 0.381. The first-order valence-electron chi connectivity index (χ1n) is 8.84. The number of ether oxygens (including phenoxy) is 2. The molecule has 3 rings (SSSR count). The Kier molecular flexibility index (Phi) is 5.78. The molecule has 1 atom stereocenters. The first-order chi connectivity index (χ1) is 12.6. The van der Waals surface area contributed by atoms with Gasteiger partial charge in [0.25, 0.3) is 5.91 Å². The Morgan fingerprint density at radius 3 is 2.62 bits per heavy atom. The van der Waals surface area contributed by atoms with Gasteiger partial charge in [0.15, 0.2) is 11.5 Å². The molecule has 5 nitrogen and oxygen atoms in total. The van der Waals surface area contributed by atoms with Crippen molar-refractivity contribution in [3.8, 4) is 11.5 Å². The average Bonchev–Trinajstić information content (AvgIpc) is 3.15. The van der Waals surface area contributed by atoms with E-state index in [-0.39, 0.29) is 12.5 Å². The molecule has 1 aliphatic rings. The minimum absolute atomic E-state index is 0.0255. The van der Waals surface area contributed by atoms with E-state index in [2.05, 4.69) is 6.07 Å². The first-order valence-corrected chi connectivity index (χ1v) is 8.84. The topological polar surface area (TPSA) is 59.0 Å². The zero-order valence-corrected chi connectivity index (χ0v) is 15.3. The predicted octanol–water partition coefficient (Wildman–Crippen LogP) is 2.90. The lowest BCUT2D eigenvalue weighted by Crippen LogP contribution is -2.29. The fourth-order valence-electron chi connectivity index (χ4n) is 3.52. The van der Waals surface area contributed by atoms with Crippen molar-refractivity contribution in [2.75, 3.05) is 27.3 Å². The van der Waals surface area contributed by atoms with E-state index in [1.54, 1.807) is 32.4 Å². The molecule has 1 N–H and O–H groups in total. The van der Waals surface area contributed by atoms with Gasteiger partial charge < -0.3 is 19.5 Å². The van der Waals surface area contributed by atoms with Gasteiger partial charge in [-0.3, -0.25) is 4.79 Å². The second kappa shape index (κ2) is 8.23. The van der Waals surface area contributed by atoms with Crippen LogP contribution in [0.5, 0.6) is 11.5 Å². The summed E-state index contributed by atoms with van der Waals surface area (Å²) in [5, 5.41) is 9.27. The number of nitrogens with zero attached hydrogens (tertiary/aromatic N) is 1. The van der Waals surface area contributed by atoms with Gasteiger partial charge in [0.2, 0.25) is 0 Å². The van der Waals surface area contributed by atoms with E-state index < -0.39 is 0 Å². The summed E-state index contributed by atoms with van der Waals surface area (Å²) >= 11 is 0. The van der Waals surface area contributed by atoms with E-state index in [1.165, 1.54) is 5.56 Å². The smallest absolute Gasteiger partial charge is 0.254 e. The van der Waals surface area contributed by atoms with Crippen LogP contribution in [0.2, 0.25) is 0 Å². The SMILES string of the molecule is COc1ccc(C(=O)N2CCC(Cc3cccc(CO)c3)C2)cc1OC. The number of hydrogen-bond donors (Lipinski definition) is 1. The highest BCUT2D eigenvalue weighted by Gasteiger charge is 2.27. The number of likely N-dealkylation sites (tertiary alicyclic amines) is 1. The minimum Gasteiger partial charge on any atom is -0.493 e. The van der Waals surface area contributed by atoms with E-state index in [0.717, 1.165) is 31.5 Å². The lowest BCUT2D eigenvalue weighted by molar-refractivity contribution is 0.0786. The second-order valence-electron chi connectivity index (χ2n) is 6.66. The van der Waals surface area contributed by atoms with Gasteiger partial charge in [-0.05, 0) is 48.1 Å². The van der Waals surface area contributed by atoms with Crippen LogP contribution in [-0.4, -0.2) is 43.2 Å². The lowest BCUT2D eigenvalue weighted by atomic mass is 9.97. The van der Waals surface area contributed by atoms with Crippen LogP contribution in [0.1, 0.15) is 27.9 Å².